The van der Waals surface area contributed by atoms with Gasteiger partial charge in [-0.2, -0.15) is 5.10 Å². The molecule has 3 aromatic rings. The van der Waals surface area contributed by atoms with Crippen molar-refractivity contribution in [1.29, 1.82) is 0 Å². The summed E-state index contributed by atoms with van der Waals surface area (Å²) in [6.45, 7) is 3.62. The highest BCUT2D eigenvalue weighted by Gasteiger charge is 2.14. The maximum Gasteiger partial charge on any atom is 0.240 e. The normalized spacial score (nSPS) is 11.5. The number of aromatic amines is 1. The van der Waals surface area contributed by atoms with Crippen LogP contribution in [0.2, 0.25) is 0 Å². The topological polar surface area (TPSA) is 105 Å². The molecule has 0 fully saturated rings. The lowest BCUT2D eigenvalue weighted by Crippen LogP contribution is -2.26. The molecule has 0 bridgehead atoms. The Bertz CT molecular complexity index is 1040. The molecular formula is C19H20N4O3S. The molecule has 0 unspecified atom stereocenters. The highest BCUT2D eigenvalue weighted by atomic mass is 32.2. The minimum atomic E-state index is -3.65. The van der Waals surface area contributed by atoms with Crippen LogP contribution < -0.4 is 4.72 Å². The van der Waals surface area contributed by atoms with E-state index in [0.717, 1.165) is 11.1 Å². The zero-order valence-electron chi connectivity index (χ0n) is 15.1. The maximum atomic E-state index is 12.3. The summed E-state index contributed by atoms with van der Waals surface area (Å²) in [6.07, 6.45) is 0.379. The number of rotatable bonds is 7. The summed E-state index contributed by atoms with van der Waals surface area (Å²) >= 11 is 0. The lowest BCUT2D eigenvalue weighted by atomic mass is 10.1. The lowest BCUT2D eigenvalue weighted by Gasteiger charge is -2.06. The van der Waals surface area contributed by atoms with Gasteiger partial charge in [-0.1, -0.05) is 42.0 Å². The smallest absolute Gasteiger partial charge is 0.240 e. The van der Waals surface area contributed by atoms with E-state index in [1.807, 2.05) is 31.2 Å². The number of hydrogen-bond acceptors (Lipinski definition) is 5. The number of aromatic nitrogens is 3. The van der Waals surface area contributed by atoms with Gasteiger partial charge in [0.25, 0.3) is 0 Å². The summed E-state index contributed by atoms with van der Waals surface area (Å²) in [6, 6.07) is 13.7. The van der Waals surface area contributed by atoms with E-state index >= 15 is 0 Å². The molecule has 0 aliphatic rings. The second-order valence-electron chi connectivity index (χ2n) is 6.20. The number of nitrogens with one attached hydrogen (secondary N) is 2. The predicted molar refractivity (Wildman–Crippen MR) is 102 cm³/mol. The Morgan fingerprint density at radius 3 is 2.37 bits per heavy atom. The van der Waals surface area contributed by atoms with E-state index in [1.54, 1.807) is 0 Å². The Hall–Kier alpha value is -2.84. The van der Waals surface area contributed by atoms with Gasteiger partial charge in [0.15, 0.2) is 11.6 Å². The van der Waals surface area contributed by atoms with Crippen molar-refractivity contribution in [1.82, 2.24) is 19.9 Å². The molecular weight excluding hydrogens is 364 g/mol. The molecule has 8 heteroatoms. The number of benzene rings is 2. The van der Waals surface area contributed by atoms with Crippen molar-refractivity contribution in [2.45, 2.75) is 25.2 Å². The summed E-state index contributed by atoms with van der Waals surface area (Å²) in [5.41, 5.74) is 2.52. The van der Waals surface area contributed by atoms with Gasteiger partial charge in [0.05, 0.1) is 4.90 Å². The third-order valence-corrected chi connectivity index (χ3v) is 5.54. The molecule has 1 aromatic heterocycles. The Kier molecular flexibility index (Phi) is 5.48. The Morgan fingerprint density at radius 1 is 1.07 bits per heavy atom. The molecule has 27 heavy (non-hydrogen) atoms. The monoisotopic (exact) mass is 384 g/mol. The molecule has 0 atom stereocenters. The summed E-state index contributed by atoms with van der Waals surface area (Å²) in [5.74, 6) is 1.06. The SMILES string of the molecule is CC(=O)c1ccc(S(=O)(=O)NCCc2nc(-c3ccc(C)cc3)n[nH]2)cc1. The minimum absolute atomic E-state index is 0.110. The van der Waals surface area contributed by atoms with Gasteiger partial charge >= 0.3 is 0 Å². The molecule has 0 aliphatic carbocycles. The van der Waals surface area contributed by atoms with E-state index in [2.05, 4.69) is 19.9 Å². The number of sulfonamides is 1. The Balaban J connectivity index is 1.60. The quantitative estimate of drug-likeness (QED) is 0.609. The van der Waals surface area contributed by atoms with Gasteiger partial charge in [-0.15, -0.1) is 0 Å². The van der Waals surface area contributed by atoms with E-state index in [1.165, 1.54) is 31.2 Å². The van der Waals surface area contributed by atoms with Gasteiger partial charge in [-0.3, -0.25) is 9.89 Å². The average molecular weight is 384 g/mol. The maximum absolute atomic E-state index is 12.3. The van der Waals surface area contributed by atoms with Crippen LogP contribution in [-0.4, -0.2) is 35.9 Å². The van der Waals surface area contributed by atoms with Crippen molar-refractivity contribution in [3.63, 3.8) is 0 Å². The Labute approximate surface area is 157 Å². The largest absolute Gasteiger partial charge is 0.295 e. The molecule has 2 aromatic carbocycles. The second kappa shape index (κ2) is 7.81. The zero-order valence-corrected chi connectivity index (χ0v) is 15.9. The number of aryl methyl sites for hydroxylation is 1. The predicted octanol–water partition coefficient (Wildman–Crippen LogP) is 2.50. The van der Waals surface area contributed by atoms with Gasteiger partial charge in [0, 0.05) is 24.1 Å². The van der Waals surface area contributed by atoms with E-state index < -0.39 is 10.0 Å². The fourth-order valence-electron chi connectivity index (χ4n) is 2.49. The number of carbonyl (C=O) groups excluding carboxylic acids is 1. The first-order chi connectivity index (χ1) is 12.8. The van der Waals surface area contributed by atoms with Crippen molar-refractivity contribution < 1.29 is 13.2 Å². The van der Waals surface area contributed by atoms with Gasteiger partial charge in [-0.25, -0.2) is 18.1 Å². The first kappa shape index (κ1) is 18.9. The van der Waals surface area contributed by atoms with Crippen molar-refractivity contribution in [2.24, 2.45) is 0 Å². The standard InChI is InChI=1S/C19H20N4O3S/c1-13-3-5-16(6-4-13)19-21-18(22-23-19)11-12-20-27(25,26)17-9-7-15(8-10-17)14(2)24/h3-10,20H,11-12H2,1-2H3,(H,21,22,23). The summed E-state index contributed by atoms with van der Waals surface area (Å²) in [5, 5.41) is 7.00. The van der Waals surface area contributed by atoms with Crippen LogP contribution in [0.4, 0.5) is 0 Å². The number of Topliss-reactive ketones (excluding diaryl/α,β-unsaturated/α-hetero) is 1. The van der Waals surface area contributed by atoms with E-state index in [-0.39, 0.29) is 17.2 Å². The molecule has 140 valence electrons. The summed E-state index contributed by atoms with van der Waals surface area (Å²) in [4.78, 5) is 15.8. The van der Waals surface area contributed by atoms with Crippen LogP contribution in [0.25, 0.3) is 11.4 Å². The van der Waals surface area contributed by atoms with Gasteiger partial charge in [0.1, 0.15) is 5.82 Å². The highest BCUT2D eigenvalue weighted by Crippen LogP contribution is 2.15. The van der Waals surface area contributed by atoms with Gasteiger partial charge in [-0.05, 0) is 26.0 Å². The third-order valence-electron chi connectivity index (χ3n) is 4.07. The van der Waals surface area contributed by atoms with E-state index in [4.69, 9.17) is 0 Å². The summed E-state index contributed by atoms with van der Waals surface area (Å²) < 4.78 is 27.2. The van der Waals surface area contributed by atoms with Crippen LogP contribution in [0.1, 0.15) is 28.7 Å². The fraction of sp³-hybridized carbons (Fsp3) is 0.211. The molecule has 1 heterocycles. The average Bonchev–Trinajstić information content (AvgIpc) is 3.11. The van der Waals surface area contributed by atoms with Crippen molar-refractivity contribution in [3.8, 4) is 11.4 Å². The molecule has 0 spiro atoms. The third kappa shape index (κ3) is 4.66. The number of ketones is 1. The van der Waals surface area contributed by atoms with E-state index in [9.17, 15) is 13.2 Å². The molecule has 0 saturated carbocycles. The first-order valence-electron chi connectivity index (χ1n) is 8.44. The summed E-state index contributed by atoms with van der Waals surface area (Å²) in [7, 11) is -3.65. The number of nitrogens with zero attached hydrogens (tertiary/aromatic N) is 2. The minimum Gasteiger partial charge on any atom is -0.295 e. The van der Waals surface area contributed by atoms with E-state index in [0.29, 0.717) is 23.6 Å². The number of H-pyrrole nitrogens is 1. The van der Waals surface area contributed by atoms with Crippen molar-refractivity contribution in [3.05, 3.63) is 65.5 Å². The molecule has 2 N–H and O–H groups in total. The van der Waals surface area contributed by atoms with Crippen molar-refractivity contribution >= 4 is 15.8 Å². The lowest BCUT2D eigenvalue weighted by molar-refractivity contribution is 0.101. The second-order valence-corrected chi connectivity index (χ2v) is 7.97. The molecule has 0 aliphatic heterocycles. The Morgan fingerprint density at radius 2 is 1.74 bits per heavy atom. The first-order valence-corrected chi connectivity index (χ1v) is 9.92. The van der Waals surface area contributed by atoms with Crippen LogP contribution in [0.15, 0.2) is 53.4 Å². The molecule has 7 nitrogen and oxygen atoms in total. The highest BCUT2D eigenvalue weighted by molar-refractivity contribution is 7.89. The zero-order chi connectivity index (χ0) is 19.4. The van der Waals surface area contributed by atoms with Crippen LogP contribution in [-0.2, 0) is 16.4 Å². The number of carbonyl (C=O) groups is 1. The van der Waals surface area contributed by atoms with Gasteiger partial charge < -0.3 is 0 Å². The molecule has 3 rings (SSSR count). The van der Waals surface area contributed by atoms with Crippen LogP contribution in [0.5, 0.6) is 0 Å². The number of hydrogen-bond donors (Lipinski definition) is 2. The van der Waals surface area contributed by atoms with Gasteiger partial charge in [0.2, 0.25) is 10.0 Å². The molecule has 0 saturated heterocycles. The van der Waals surface area contributed by atoms with Crippen molar-refractivity contribution in [2.75, 3.05) is 6.54 Å². The fourth-order valence-corrected chi connectivity index (χ4v) is 3.53. The van der Waals surface area contributed by atoms with Crippen LogP contribution in [0.3, 0.4) is 0 Å². The van der Waals surface area contributed by atoms with Crippen LogP contribution >= 0.6 is 0 Å². The van der Waals surface area contributed by atoms with Crippen LogP contribution in [0, 0.1) is 6.92 Å². The molecule has 0 amide bonds. The molecule has 0 radical (unpaired) electrons.